The largest absolute Gasteiger partial charge is 0.349 e. The topological polar surface area (TPSA) is 91.5 Å². The second-order valence-corrected chi connectivity index (χ2v) is 5.12. The van der Waals surface area contributed by atoms with Crippen LogP contribution in [-0.2, 0) is 0 Å². The van der Waals surface area contributed by atoms with Gasteiger partial charge in [-0.05, 0) is 24.1 Å². The first-order valence-corrected chi connectivity index (χ1v) is 7.34. The van der Waals surface area contributed by atoms with Gasteiger partial charge in [0, 0.05) is 0 Å². The predicted molar refractivity (Wildman–Crippen MR) is 83.0 cm³/mol. The Morgan fingerprint density at radius 1 is 1.27 bits per heavy atom. The van der Waals surface area contributed by atoms with Gasteiger partial charge in [0.1, 0.15) is 6.20 Å². The smallest absolute Gasteiger partial charge is 0.271 e. The normalized spacial score (nSPS) is 11.8. The van der Waals surface area contributed by atoms with Crippen LogP contribution in [0.2, 0.25) is 0 Å². The first-order chi connectivity index (χ1) is 10.7. The fraction of sp³-hybridized carbons (Fsp3) is 0.375. The molecule has 22 heavy (non-hydrogen) atoms. The summed E-state index contributed by atoms with van der Waals surface area (Å²) in [5, 5.41) is 13.1. The van der Waals surface area contributed by atoms with Crippen LogP contribution in [0.4, 0.5) is 0 Å². The second-order valence-electron chi connectivity index (χ2n) is 5.12. The summed E-state index contributed by atoms with van der Waals surface area (Å²) in [5.41, 5.74) is 0.369. The molecule has 0 aliphatic carbocycles. The molecule has 0 aliphatic rings. The standard InChI is InChI=1S/C16H18N4O2/c1-2-3-4-5-13(10-17)12-6-8-14(9-7-12)20-16(22)19-15(21)11-18-20/h6-9,11,13H,2-5H2,1H3,(H,19,21,22). The Labute approximate surface area is 128 Å². The van der Waals surface area contributed by atoms with Gasteiger partial charge in [-0.1, -0.05) is 38.3 Å². The van der Waals surface area contributed by atoms with Crippen molar-refractivity contribution in [2.75, 3.05) is 0 Å². The summed E-state index contributed by atoms with van der Waals surface area (Å²) >= 11 is 0. The zero-order valence-corrected chi connectivity index (χ0v) is 12.5. The average molecular weight is 298 g/mol. The molecule has 1 atom stereocenters. The van der Waals surface area contributed by atoms with Crippen molar-refractivity contribution in [3.05, 3.63) is 56.9 Å². The molecule has 1 aromatic heterocycles. The third kappa shape index (κ3) is 3.70. The molecule has 0 aliphatic heterocycles. The van der Waals surface area contributed by atoms with Crippen molar-refractivity contribution in [2.24, 2.45) is 0 Å². The van der Waals surface area contributed by atoms with Crippen molar-refractivity contribution >= 4 is 0 Å². The van der Waals surface area contributed by atoms with Crippen molar-refractivity contribution in [3.8, 4) is 11.8 Å². The van der Waals surface area contributed by atoms with E-state index in [4.69, 9.17) is 0 Å². The highest BCUT2D eigenvalue weighted by molar-refractivity contribution is 5.36. The van der Waals surface area contributed by atoms with E-state index >= 15 is 0 Å². The molecule has 0 saturated heterocycles. The summed E-state index contributed by atoms with van der Waals surface area (Å²) in [6.45, 7) is 2.13. The van der Waals surface area contributed by atoms with Gasteiger partial charge in [0.2, 0.25) is 0 Å². The number of benzene rings is 1. The molecule has 2 aromatic rings. The lowest BCUT2D eigenvalue weighted by atomic mass is 9.94. The number of aromatic amines is 1. The maximum absolute atomic E-state index is 11.7. The first-order valence-electron chi connectivity index (χ1n) is 7.34. The summed E-state index contributed by atoms with van der Waals surface area (Å²) in [6.07, 6.45) is 5.15. The van der Waals surface area contributed by atoms with Crippen molar-refractivity contribution in [1.82, 2.24) is 14.8 Å². The van der Waals surface area contributed by atoms with Gasteiger partial charge in [0.15, 0.2) is 0 Å². The van der Waals surface area contributed by atoms with Crippen LogP contribution < -0.4 is 11.2 Å². The lowest BCUT2D eigenvalue weighted by molar-refractivity contribution is 0.634. The van der Waals surface area contributed by atoms with Crippen LogP contribution in [0, 0.1) is 11.3 Å². The first kappa shape index (κ1) is 15.7. The molecule has 0 radical (unpaired) electrons. The molecule has 0 spiro atoms. The number of nitriles is 1. The van der Waals surface area contributed by atoms with Crippen LogP contribution in [0.15, 0.2) is 40.1 Å². The lowest BCUT2D eigenvalue weighted by Gasteiger charge is -2.10. The molecule has 2 rings (SSSR count). The molecule has 1 heterocycles. The van der Waals surface area contributed by atoms with Crippen LogP contribution in [0.25, 0.3) is 5.69 Å². The van der Waals surface area contributed by atoms with E-state index < -0.39 is 11.2 Å². The molecule has 0 amide bonds. The Hall–Kier alpha value is -2.68. The Balaban J connectivity index is 2.21. The summed E-state index contributed by atoms with van der Waals surface area (Å²) in [5.74, 6) is -0.138. The molecule has 6 nitrogen and oxygen atoms in total. The summed E-state index contributed by atoms with van der Waals surface area (Å²) in [7, 11) is 0. The van der Waals surface area contributed by atoms with Crippen LogP contribution in [0.1, 0.15) is 44.1 Å². The van der Waals surface area contributed by atoms with Crippen molar-refractivity contribution in [1.29, 1.82) is 5.26 Å². The van der Waals surface area contributed by atoms with Gasteiger partial charge < -0.3 is 0 Å². The minimum atomic E-state index is -0.583. The fourth-order valence-corrected chi connectivity index (χ4v) is 2.29. The zero-order valence-electron chi connectivity index (χ0n) is 12.5. The van der Waals surface area contributed by atoms with Crippen LogP contribution in [-0.4, -0.2) is 14.8 Å². The minimum absolute atomic E-state index is 0.138. The Morgan fingerprint density at radius 3 is 2.59 bits per heavy atom. The quantitative estimate of drug-likeness (QED) is 0.827. The Kier molecular flexibility index (Phi) is 5.26. The SMILES string of the molecule is CCCCCC(C#N)c1ccc(-n2ncc(=O)[nH]c2=O)cc1. The molecule has 114 valence electrons. The van der Waals surface area contributed by atoms with E-state index in [2.05, 4.69) is 23.1 Å². The second kappa shape index (κ2) is 7.36. The molecule has 0 fully saturated rings. The summed E-state index contributed by atoms with van der Waals surface area (Å²) in [6, 6.07) is 9.44. The van der Waals surface area contributed by atoms with E-state index in [-0.39, 0.29) is 5.92 Å². The van der Waals surface area contributed by atoms with Crippen molar-refractivity contribution < 1.29 is 0 Å². The van der Waals surface area contributed by atoms with Crippen molar-refractivity contribution in [2.45, 2.75) is 38.5 Å². The van der Waals surface area contributed by atoms with E-state index in [1.807, 2.05) is 12.1 Å². The molecule has 1 unspecified atom stereocenters. The van der Waals surface area contributed by atoms with Gasteiger partial charge in [-0.3, -0.25) is 9.78 Å². The fourth-order valence-electron chi connectivity index (χ4n) is 2.29. The monoisotopic (exact) mass is 298 g/mol. The number of H-pyrrole nitrogens is 1. The van der Waals surface area contributed by atoms with Crippen LogP contribution >= 0.6 is 0 Å². The minimum Gasteiger partial charge on any atom is -0.271 e. The number of unbranched alkanes of at least 4 members (excludes halogenated alkanes) is 2. The molecule has 0 saturated carbocycles. The molecular formula is C16H18N4O2. The molecule has 1 N–H and O–H groups in total. The number of aromatic nitrogens is 3. The van der Waals surface area contributed by atoms with E-state index in [1.54, 1.807) is 12.1 Å². The molecule has 6 heteroatoms. The van der Waals surface area contributed by atoms with Crippen LogP contribution in [0.3, 0.4) is 0 Å². The number of rotatable bonds is 6. The van der Waals surface area contributed by atoms with E-state index in [0.29, 0.717) is 5.69 Å². The molecule has 0 bridgehead atoms. The van der Waals surface area contributed by atoms with Crippen LogP contribution in [0.5, 0.6) is 0 Å². The summed E-state index contributed by atoms with van der Waals surface area (Å²) < 4.78 is 1.11. The van der Waals surface area contributed by atoms with E-state index in [0.717, 1.165) is 42.1 Å². The van der Waals surface area contributed by atoms with Gasteiger partial charge in [0.05, 0.1) is 17.7 Å². The Morgan fingerprint density at radius 2 is 2.00 bits per heavy atom. The molecule has 1 aromatic carbocycles. The summed E-state index contributed by atoms with van der Waals surface area (Å²) in [4.78, 5) is 24.9. The number of hydrogen-bond donors (Lipinski definition) is 1. The zero-order chi connectivity index (χ0) is 15.9. The number of hydrogen-bond acceptors (Lipinski definition) is 4. The Bertz CT molecular complexity index is 768. The highest BCUT2D eigenvalue weighted by Gasteiger charge is 2.10. The number of nitrogens with one attached hydrogen (secondary N) is 1. The lowest BCUT2D eigenvalue weighted by Crippen LogP contribution is -2.30. The maximum atomic E-state index is 11.7. The van der Waals surface area contributed by atoms with Gasteiger partial charge in [-0.25, -0.2) is 4.79 Å². The van der Waals surface area contributed by atoms with Crippen molar-refractivity contribution in [3.63, 3.8) is 0 Å². The average Bonchev–Trinajstić information content (AvgIpc) is 2.52. The van der Waals surface area contributed by atoms with Gasteiger partial charge in [0.25, 0.3) is 5.56 Å². The predicted octanol–water partition coefficient (Wildman–Crippen LogP) is 2.11. The van der Waals surface area contributed by atoms with Gasteiger partial charge in [-0.2, -0.15) is 15.0 Å². The van der Waals surface area contributed by atoms with E-state index in [1.165, 1.54) is 0 Å². The highest BCUT2D eigenvalue weighted by atomic mass is 16.2. The van der Waals surface area contributed by atoms with Gasteiger partial charge >= 0.3 is 5.69 Å². The third-order valence-corrected chi connectivity index (χ3v) is 3.51. The van der Waals surface area contributed by atoms with E-state index in [9.17, 15) is 14.9 Å². The highest BCUT2D eigenvalue weighted by Crippen LogP contribution is 2.22. The molecular weight excluding hydrogens is 280 g/mol. The third-order valence-electron chi connectivity index (χ3n) is 3.51. The van der Waals surface area contributed by atoms with Gasteiger partial charge in [-0.15, -0.1) is 0 Å². The number of nitrogens with zero attached hydrogens (tertiary/aromatic N) is 3. The maximum Gasteiger partial charge on any atom is 0.349 e.